The predicted octanol–water partition coefficient (Wildman–Crippen LogP) is 4.98. The topological polar surface area (TPSA) is 15.3 Å². The van der Waals surface area contributed by atoms with Crippen LogP contribution in [-0.4, -0.2) is 19.1 Å². The quantitative estimate of drug-likeness (QED) is 0.754. The summed E-state index contributed by atoms with van der Waals surface area (Å²) in [5.41, 5.74) is 4.09. The number of unbranched alkanes of at least 4 members (excludes halogenated alkanes) is 1. The molecule has 0 amide bonds. The van der Waals surface area contributed by atoms with Crippen molar-refractivity contribution in [1.82, 2.24) is 0 Å². The third-order valence-corrected chi connectivity index (χ3v) is 4.44. The summed E-state index contributed by atoms with van der Waals surface area (Å²) < 4.78 is 0. The number of nitrogens with one attached hydrogen (secondary N) is 1. The summed E-state index contributed by atoms with van der Waals surface area (Å²) in [5, 5.41) is 3.73. The Morgan fingerprint density at radius 3 is 2.55 bits per heavy atom. The van der Waals surface area contributed by atoms with Crippen molar-refractivity contribution in [3.8, 4) is 0 Å². The van der Waals surface area contributed by atoms with Gasteiger partial charge in [0.05, 0.1) is 0 Å². The lowest BCUT2D eigenvalue weighted by Crippen LogP contribution is -2.20. The van der Waals surface area contributed by atoms with Crippen molar-refractivity contribution >= 4 is 11.4 Å². The molecule has 0 bridgehead atoms. The molecule has 112 valence electrons. The summed E-state index contributed by atoms with van der Waals surface area (Å²) in [4.78, 5) is 2.51. The van der Waals surface area contributed by atoms with E-state index < -0.39 is 0 Å². The number of aryl methyl sites for hydroxylation is 1. The Hall–Kier alpha value is -1.18. The van der Waals surface area contributed by atoms with Crippen molar-refractivity contribution in [3.05, 3.63) is 23.8 Å². The van der Waals surface area contributed by atoms with E-state index in [-0.39, 0.29) is 0 Å². The molecule has 1 N–H and O–H groups in total. The summed E-state index contributed by atoms with van der Waals surface area (Å²) in [6.07, 6.45) is 7.76. The van der Waals surface area contributed by atoms with E-state index >= 15 is 0 Å². The number of benzene rings is 1. The van der Waals surface area contributed by atoms with Crippen LogP contribution in [0.25, 0.3) is 0 Å². The van der Waals surface area contributed by atoms with Gasteiger partial charge in [0, 0.05) is 30.5 Å². The summed E-state index contributed by atoms with van der Waals surface area (Å²) in [7, 11) is 0. The Labute approximate surface area is 124 Å². The summed E-state index contributed by atoms with van der Waals surface area (Å²) in [6.45, 7) is 9.22. The van der Waals surface area contributed by atoms with Gasteiger partial charge in [0.15, 0.2) is 0 Å². The highest BCUT2D eigenvalue weighted by Gasteiger charge is 2.13. The fourth-order valence-electron chi connectivity index (χ4n) is 3.03. The minimum Gasteiger partial charge on any atom is -0.382 e. The molecule has 2 rings (SSSR count). The lowest BCUT2D eigenvalue weighted by atomic mass is 10.1. The Kier molecular flexibility index (Phi) is 5.75. The molecule has 1 saturated heterocycles. The van der Waals surface area contributed by atoms with E-state index in [1.165, 1.54) is 68.6 Å². The third-order valence-electron chi connectivity index (χ3n) is 4.44. The molecule has 0 aromatic heterocycles. The van der Waals surface area contributed by atoms with Crippen LogP contribution in [0.1, 0.15) is 57.9 Å². The molecule has 1 aliphatic heterocycles. The first-order chi connectivity index (χ1) is 9.74. The molecular formula is C18H30N2. The first-order valence-electron chi connectivity index (χ1n) is 8.36. The Morgan fingerprint density at radius 2 is 1.95 bits per heavy atom. The maximum atomic E-state index is 3.73. The van der Waals surface area contributed by atoms with Gasteiger partial charge >= 0.3 is 0 Å². The first-order valence-corrected chi connectivity index (χ1v) is 8.36. The van der Waals surface area contributed by atoms with Gasteiger partial charge < -0.3 is 10.2 Å². The largest absolute Gasteiger partial charge is 0.382 e. The fourth-order valence-corrected chi connectivity index (χ4v) is 3.03. The minimum absolute atomic E-state index is 0.617. The van der Waals surface area contributed by atoms with Crippen LogP contribution in [-0.2, 0) is 0 Å². The van der Waals surface area contributed by atoms with E-state index in [0.717, 1.165) is 0 Å². The highest BCUT2D eigenvalue weighted by Crippen LogP contribution is 2.26. The molecular weight excluding hydrogens is 244 g/mol. The van der Waals surface area contributed by atoms with Gasteiger partial charge in [0.25, 0.3) is 0 Å². The molecule has 0 radical (unpaired) electrons. The average Bonchev–Trinajstić information content (AvgIpc) is 2.99. The third kappa shape index (κ3) is 3.91. The molecule has 0 aliphatic carbocycles. The van der Waals surface area contributed by atoms with E-state index in [0.29, 0.717) is 6.04 Å². The summed E-state index contributed by atoms with van der Waals surface area (Å²) >= 11 is 0. The zero-order valence-corrected chi connectivity index (χ0v) is 13.4. The highest BCUT2D eigenvalue weighted by molar-refractivity contribution is 5.60. The highest BCUT2D eigenvalue weighted by atomic mass is 15.1. The Morgan fingerprint density at radius 1 is 1.20 bits per heavy atom. The summed E-state index contributed by atoms with van der Waals surface area (Å²) in [6, 6.07) is 7.52. The first kappa shape index (κ1) is 15.2. The Balaban J connectivity index is 2.01. The van der Waals surface area contributed by atoms with E-state index in [2.05, 4.69) is 49.2 Å². The molecule has 2 nitrogen and oxygen atoms in total. The lowest BCUT2D eigenvalue weighted by molar-refractivity contribution is 0.593. The number of nitrogens with zero attached hydrogens (tertiary/aromatic N) is 1. The van der Waals surface area contributed by atoms with E-state index in [1.807, 2.05) is 0 Å². The van der Waals surface area contributed by atoms with Crippen molar-refractivity contribution in [3.63, 3.8) is 0 Å². The molecule has 1 aromatic rings. The second-order valence-corrected chi connectivity index (χ2v) is 6.09. The number of hydrogen-bond acceptors (Lipinski definition) is 2. The van der Waals surface area contributed by atoms with Gasteiger partial charge in [-0.3, -0.25) is 0 Å². The minimum atomic E-state index is 0.617. The van der Waals surface area contributed by atoms with Crippen molar-refractivity contribution in [1.29, 1.82) is 0 Å². The van der Waals surface area contributed by atoms with Crippen molar-refractivity contribution in [2.45, 2.75) is 65.3 Å². The molecule has 1 aliphatic rings. The molecule has 1 unspecified atom stereocenters. The van der Waals surface area contributed by atoms with Crippen LogP contribution in [0.2, 0.25) is 0 Å². The standard InChI is InChI=1S/C18H30N2/c1-4-6-9-16(5-2)19-18-11-10-17(14-15(18)3)20-12-7-8-13-20/h10-11,14,16,19H,4-9,12-13H2,1-3H3. The lowest BCUT2D eigenvalue weighted by Gasteiger charge is -2.22. The van der Waals surface area contributed by atoms with Gasteiger partial charge in [-0.25, -0.2) is 0 Å². The van der Waals surface area contributed by atoms with Crippen LogP contribution in [0, 0.1) is 6.92 Å². The second kappa shape index (κ2) is 7.56. The van der Waals surface area contributed by atoms with Crippen LogP contribution in [0.3, 0.4) is 0 Å². The van der Waals surface area contributed by atoms with Crippen molar-refractivity contribution in [2.75, 3.05) is 23.3 Å². The number of anilines is 2. The molecule has 0 spiro atoms. The van der Waals surface area contributed by atoms with E-state index in [1.54, 1.807) is 0 Å². The van der Waals surface area contributed by atoms with Crippen LogP contribution < -0.4 is 10.2 Å². The fraction of sp³-hybridized carbons (Fsp3) is 0.667. The number of hydrogen-bond donors (Lipinski definition) is 1. The number of rotatable bonds is 7. The van der Waals surface area contributed by atoms with Gasteiger partial charge in [-0.05, 0) is 56.4 Å². The monoisotopic (exact) mass is 274 g/mol. The van der Waals surface area contributed by atoms with Crippen molar-refractivity contribution in [2.24, 2.45) is 0 Å². The van der Waals surface area contributed by atoms with E-state index in [4.69, 9.17) is 0 Å². The van der Waals surface area contributed by atoms with Crippen LogP contribution in [0.15, 0.2) is 18.2 Å². The maximum absolute atomic E-state index is 3.73. The molecule has 1 fully saturated rings. The van der Waals surface area contributed by atoms with Gasteiger partial charge in [0.2, 0.25) is 0 Å². The van der Waals surface area contributed by atoms with Gasteiger partial charge in [-0.15, -0.1) is 0 Å². The van der Waals surface area contributed by atoms with Gasteiger partial charge in [-0.1, -0.05) is 26.7 Å². The molecule has 1 heterocycles. The molecule has 1 aromatic carbocycles. The normalized spacial score (nSPS) is 16.4. The zero-order chi connectivity index (χ0) is 14.4. The molecule has 0 saturated carbocycles. The molecule has 1 atom stereocenters. The smallest absolute Gasteiger partial charge is 0.0373 e. The van der Waals surface area contributed by atoms with Crippen molar-refractivity contribution < 1.29 is 0 Å². The maximum Gasteiger partial charge on any atom is 0.0373 e. The molecule has 20 heavy (non-hydrogen) atoms. The van der Waals surface area contributed by atoms with Crippen LogP contribution in [0.5, 0.6) is 0 Å². The van der Waals surface area contributed by atoms with Crippen LogP contribution in [0.4, 0.5) is 11.4 Å². The van der Waals surface area contributed by atoms with Crippen LogP contribution >= 0.6 is 0 Å². The zero-order valence-electron chi connectivity index (χ0n) is 13.4. The van der Waals surface area contributed by atoms with Gasteiger partial charge in [-0.2, -0.15) is 0 Å². The SMILES string of the molecule is CCCCC(CC)Nc1ccc(N2CCCC2)cc1C. The Bertz CT molecular complexity index is 408. The molecule has 2 heteroatoms. The van der Waals surface area contributed by atoms with E-state index in [9.17, 15) is 0 Å². The average molecular weight is 274 g/mol. The van der Waals surface area contributed by atoms with Gasteiger partial charge in [0.1, 0.15) is 0 Å². The summed E-state index contributed by atoms with van der Waals surface area (Å²) in [5.74, 6) is 0. The predicted molar refractivity (Wildman–Crippen MR) is 89.9 cm³/mol. The second-order valence-electron chi connectivity index (χ2n) is 6.09.